The molecule has 76 valence electrons. The van der Waals surface area contributed by atoms with Crippen molar-refractivity contribution in [1.29, 1.82) is 0 Å². The molecule has 0 amide bonds. The monoisotopic (exact) mass is 201 g/mol. The molecule has 1 saturated heterocycles. The van der Waals surface area contributed by atoms with Crippen molar-refractivity contribution in [2.45, 2.75) is 24.5 Å². The maximum absolute atomic E-state index is 5.70. The molecule has 1 heterocycles. The van der Waals surface area contributed by atoms with Gasteiger partial charge in [-0.2, -0.15) is 11.8 Å². The lowest BCUT2D eigenvalue weighted by molar-refractivity contribution is 0.603. The predicted molar refractivity (Wildman–Crippen MR) is 60.3 cm³/mol. The SMILES string of the molecule is CN(C)C(N)=NC[C@H]1CCCCS1. The van der Waals surface area contributed by atoms with Crippen LogP contribution in [0.15, 0.2) is 4.99 Å². The molecule has 0 aromatic rings. The molecule has 0 aliphatic carbocycles. The van der Waals surface area contributed by atoms with Crippen molar-refractivity contribution in [3.8, 4) is 0 Å². The van der Waals surface area contributed by atoms with E-state index in [9.17, 15) is 0 Å². The quantitative estimate of drug-likeness (QED) is 0.538. The number of thioether (sulfide) groups is 1. The molecule has 0 aromatic heterocycles. The van der Waals surface area contributed by atoms with E-state index in [0.29, 0.717) is 11.2 Å². The van der Waals surface area contributed by atoms with Crippen LogP contribution in [0.5, 0.6) is 0 Å². The highest BCUT2D eigenvalue weighted by Gasteiger charge is 2.13. The van der Waals surface area contributed by atoms with Crippen molar-refractivity contribution in [1.82, 2.24) is 4.90 Å². The first-order valence-electron chi connectivity index (χ1n) is 4.79. The average molecular weight is 201 g/mol. The van der Waals surface area contributed by atoms with Gasteiger partial charge in [-0.25, -0.2) is 0 Å². The minimum atomic E-state index is 0.645. The van der Waals surface area contributed by atoms with Gasteiger partial charge in [-0.3, -0.25) is 4.99 Å². The molecule has 1 atom stereocenters. The summed E-state index contributed by atoms with van der Waals surface area (Å²) in [5, 5.41) is 0.701. The number of guanidine groups is 1. The fourth-order valence-corrected chi connectivity index (χ4v) is 2.51. The van der Waals surface area contributed by atoms with Crippen LogP contribution >= 0.6 is 11.8 Å². The first-order valence-corrected chi connectivity index (χ1v) is 5.84. The molecule has 0 radical (unpaired) electrons. The van der Waals surface area contributed by atoms with Gasteiger partial charge in [-0.1, -0.05) is 6.42 Å². The largest absolute Gasteiger partial charge is 0.370 e. The summed E-state index contributed by atoms with van der Waals surface area (Å²) in [5.74, 6) is 1.94. The van der Waals surface area contributed by atoms with Crippen molar-refractivity contribution in [2.75, 3.05) is 26.4 Å². The summed E-state index contributed by atoms with van der Waals surface area (Å²) in [7, 11) is 3.85. The molecule has 1 aliphatic rings. The second-order valence-corrected chi connectivity index (χ2v) is 4.99. The van der Waals surface area contributed by atoms with E-state index in [-0.39, 0.29) is 0 Å². The number of hydrogen-bond acceptors (Lipinski definition) is 2. The van der Waals surface area contributed by atoms with Gasteiger partial charge in [0, 0.05) is 19.3 Å². The Kier molecular flexibility index (Phi) is 4.42. The van der Waals surface area contributed by atoms with Gasteiger partial charge in [0.15, 0.2) is 5.96 Å². The Morgan fingerprint density at radius 2 is 2.31 bits per heavy atom. The number of nitrogens with two attached hydrogens (primary N) is 1. The summed E-state index contributed by atoms with van der Waals surface area (Å²) in [6.07, 6.45) is 4.03. The fourth-order valence-electron chi connectivity index (χ4n) is 1.29. The third kappa shape index (κ3) is 3.89. The van der Waals surface area contributed by atoms with E-state index in [4.69, 9.17) is 5.73 Å². The fraction of sp³-hybridized carbons (Fsp3) is 0.889. The summed E-state index contributed by atoms with van der Waals surface area (Å²) >= 11 is 2.04. The van der Waals surface area contributed by atoms with Crippen LogP contribution in [0.2, 0.25) is 0 Å². The molecule has 4 heteroatoms. The molecule has 0 spiro atoms. The van der Waals surface area contributed by atoms with Crippen molar-refractivity contribution in [3.63, 3.8) is 0 Å². The van der Waals surface area contributed by atoms with Crippen molar-refractivity contribution in [2.24, 2.45) is 10.7 Å². The minimum absolute atomic E-state index is 0.645. The predicted octanol–water partition coefficient (Wildman–Crippen LogP) is 1.15. The van der Waals surface area contributed by atoms with Gasteiger partial charge < -0.3 is 10.6 Å². The van der Waals surface area contributed by atoms with Crippen LogP contribution < -0.4 is 5.73 Å². The van der Waals surface area contributed by atoms with E-state index in [2.05, 4.69) is 4.99 Å². The summed E-state index contributed by atoms with van der Waals surface area (Å²) < 4.78 is 0. The number of hydrogen-bond donors (Lipinski definition) is 1. The van der Waals surface area contributed by atoms with Crippen LogP contribution in [0.4, 0.5) is 0 Å². The Labute approximate surface area is 84.8 Å². The van der Waals surface area contributed by atoms with Crippen LogP contribution in [0.25, 0.3) is 0 Å². The van der Waals surface area contributed by atoms with Crippen molar-refractivity contribution < 1.29 is 0 Å². The highest BCUT2D eigenvalue weighted by Crippen LogP contribution is 2.24. The Morgan fingerprint density at radius 3 is 2.85 bits per heavy atom. The molecule has 0 bridgehead atoms. The van der Waals surface area contributed by atoms with Gasteiger partial charge >= 0.3 is 0 Å². The van der Waals surface area contributed by atoms with Crippen LogP contribution in [-0.2, 0) is 0 Å². The average Bonchev–Trinajstić information content (AvgIpc) is 2.15. The van der Waals surface area contributed by atoms with Gasteiger partial charge in [0.25, 0.3) is 0 Å². The number of nitrogens with zero attached hydrogens (tertiary/aromatic N) is 2. The third-order valence-electron chi connectivity index (χ3n) is 2.19. The maximum atomic E-state index is 5.70. The van der Waals surface area contributed by atoms with Gasteiger partial charge in [0.05, 0.1) is 6.54 Å². The Hall–Kier alpha value is -0.380. The summed E-state index contributed by atoms with van der Waals surface area (Å²) in [6, 6.07) is 0. The summed E-state index contributed by atoms with van der Waals surface area (Å²) in [4.78, 5) is 6.20. The van der Waals surface area contributed by atoms with Crippen LogP contribution in [0.3, 0.4) is 0 Å². The zero-order valence-corrected chi connectivity index (χ0v) is 9.31. The molecule has 2 N–H and O–H groups in total. The Balaban J connectivity index is 2.27. The molecule has 1 aliphatic heterocycles. The zero-order valence-electron chi connectivity index (χ0n) is 8.49. The van der Waals surface area contributed by atoms with Crippen molar-refractivity contribution >= 4 is 17.7 Å². The molecule has 3 nitrogen and oxygen atoms in total. The Morgan fingerprint density at radius 1 is 1.54 bits per heavy atom. The lowest BCUT2D eigenvalue weighted by Gasteiger charge is -2.20. The molecule has 1 fully saturated rings. The number of aliphatic imine (C=N–C) groups is 1. The van der Waals surface area contributed by atoms with Crippen LogP contribution in [-0.4, -0.2) is 42.5 Å². The Bertz CT molecular complexity index is 174. The van der Waals surface area contributed by atoms with Gasteiger partial charge in [-0.05, 0) is 18.6 Å². The molecule has 0 saturated carbocycles. The lowest BCUT2D eigenvalue weighted by Crippen LogP contribution is -2.31. The molecule has 13 heavy (non-hydrogen) atoms. The molecule has 1 rings (SSSR count). The number of rotatable bonds is 2. The molecule has 0 unspecified atom stereocenters. The second kappa shape index (κ2) is 5.37. The lowest BCUT2D eigenvalue weighted by atomic mass is 10.2. The molecular formula is C9H19N3S. The van der Waals surface area contributed by atoms with E-state index in [1.165, 1.54) is 25.0 Å². The molecule has 0 aromatic carbocycles. The van der Waals surface area contributed by atoms with E-state index in [1.807, 2.05) is 30.8 Å². The summed E-state index contributed by atoms with van der Waals surface area (Å²) in [5.41, 5.74) is 5.70. The second-order valence-electron chi connectivity index (χ2n) is 3.58. The first kappa shape index (κ1) is 10.7. The van der Waals surface area contributed by atoms with E-state index in [0.717, 1.165) is 6.54 Å². The smallest absolute Gasteiger partial charge is 0.190 e. The zero-order chi connectivity index (χ0) is 9.68. The van der Waals surface area contributed by atoms with E-state index < -0.39 is 0 Å². The topological polar surface area (TPSA) is 41.6 Å². The van der Waals surface area contributed by atoms with Crippen LogP contribution in [0.1, 0.15) is 19.3 Å². The standard InChI is InChI=1S/C9H19N3S/c1-12(2)9(10)11-7-8-5-3-4-6-13-8/h8H,3-7H2,1-2H3,(H2,10,11)/t8-/m1/s1. The van der Waals surface area contributed by atoms with E-state index >= 15 is 0 Å². The summed E-state index contributed by atoms with van der Waals surface area (Å²) in [6.45, 7) is 0.884. The third-order valence-corrected chi connectivity index (χ3v) is 3.57. The van der Waals surface area contributed by atoms with Crippen molar-refractivity contribution in [3.05, 3.63) is 0 Å². The first-order chi connectivity index (χ1) is 6.20. The minimum Gasteiger partial charge on any atom is -0.370 e. The highest BCUT2D eigenvalue weighted by atomic mass is 32.2. The van der Waals surface area contributed by atoms with E-state index in [1.54, 1.807) is 0 Å². The van der Waals surface area contributed by atoms with Crippen LogP contribution in [0, 0.1) is 0 Å². The maximum Gasteiger partial charge on any atom is 0.190 e. The highest BCUT2D eigenvalue weighted by molar-refractivity contribution is 7.99. The van der Waals surface area contributed by atoms with Gasteiger partial charge in [0.2, 0.25) is 0 Å². The van der Waals surface area contributed by atoms with Gasteiger partial charge in [0.1, 0.15) is 0 Å². The normalized spacial score (nSPS) is 24.5. The van der Waals surface area contributed by atoms with Gasteiger partial charge in [-0.15, -0.1) is 0 Å². The molecular weight excluding hydrogens is 182 g/mol.